The van der Waals surface area contributed by atoms with Gasteiger partial charge in [-0.25, -0.2) is 19.6 Å². The van der Waals surface area contributed by atoms with Crippen molar-refractivity contribution >= 4 is 24.0 Å². The molecule has 2 aromatic carbocycles. The molecule has 0 bridgehead atoms. The summed E-state index contributed by atoms with van der Waals surface area (Å²) in [6.45, 7) is 9.05. The predicted molar refractivity (Wildman–Crippen MR) is 235 cm³/mol. The smallest absolute Gasteiger partial charge is 0.407 e. The van der Waals surface area contributed by atoms with E-state index in [1.54, 1.807) is 0 Å². The Morgan fingerprint density at radius 1 is 0.581 bits per heavy atom. The Morgan fingerprint density at radius 3 is 1.31 bits per heavy atom. The average Bonchev–Trinajstić information content (AvgIpc) is 3.90. The van der Waals surface area contributed by atoms with Crippen LogP contribution in [0.25, 0.3) is 33.6 Å². The van der Waals surface area contributed by atoms with E-state index in [0.29, 0.717) is 36.8 Å². The first-order valence-corrected chi connectivity index (χ1v) is 22.5. The van der Waals surface area contributed by atoms with Gasteiger partial charge in [0.15, 0.2) is 0 Å². The van der Waals surface area contributed by atoms with Gasteiger partial charge in [-0.3, -0.25) is 9.59 Å². The Balaban J connectivity index is 0.954. The molecule has 4 N–H and O–H groups in total. The van der Waals surface area contributed by atoms with Crippen LogP contribution in [0.2, 0.25) is 0 Å². The van der Waals surface area contributed by atoms with Crippen LogP contribution in [0.3, 0.4) is 0 Å². The molecule has 14 heteroatoms. The summed E-state index contributed by atoms with van der Waals surface area (Å²) in [6.07, 6.45) is 11.4. The standard InChI is InChI=1S/C48H62N8O6/c1-27(2)41(53-47(59)61-5)45(57)55-25-35(29-9-7-8-10-29)21-39(55)43-49-23-37(51-43)33-17-13-30(14-18-33)31-15-19-34(20-16-31)38-24-50-44(52-38)40-22-36(32-11-12-32)26-56(40)46(58)42(28(3)4)54-48(60)62-6/h13-20,23-24,27-29,32,35-36,39-42H,7-12,21-22,25-26H2,1-6H3,(H,49,51)(H,50,52)(H,53,59)(H,54,60)/t35-,36-,39-,40-,41-,42-/m0/s1. The summed E-state index contributed by atoms with van der Waals surface area (Å²) in [5.74, 6) is 3.13. The van der Waals surface area contributed by atoms with Crippen LogP contribution in [-0.2, 0) is 19.1 Å². The molecule has 8 rings (SSSR count). The number of aromatic nitrogens is 4. The van der Waals surface area contributed by atoms with E-state index < -0.39 is 24.3 Å². The number of carbonyl (C=O) groups is 4. The number of benzene rings is 2. The number of H-pyrrole nitrogens is 2. The molecule has 2 saturated heterocycles. The lowest BCUT2D eigenvalue weighted by Gasteiger charge is -2.30. The molecule has 62 heavy (non-hydrogen) atoms. The maximum atomic E-state index is 14.1. The zero-order chi connectivity index (χ0) is 43.7. The van der Waals surface area contributed by atoms with Crippen LogP contribution in [0.5, 0.6) is 0 Å². The number of nitrogens with zero attached hydrogens (tertiary/aromatic N) is 4. The summed E-state index contributed by atoms with van der Waals surface area (Å²) < 4.78 is 9.70. The number of aromatic amines is 2. The fourth-order valence-electron chi connectivity index (χ4n) is 10.2. The van der Waals surface area contributed by atoms with Crippen molar-refractivity contribution in [3.8, 4) is 33.6 Å². The van der Waals surface area contributed by atoms with Crippen molar-refractivity contribution in [1.82, 2.24) is 40.4 Å². The first-order chi connectivity index (χ1) is 29.9. The first-order valence-electron chi connectivity index (χ1n) is 22.5. The highest BCUT2D eigenvalue weighted by Crippen LogP contribution is 2.48. The van der Waals surface area contributed by atoms with E-state index >= 15 is 0 Å². The van der Waals surface area contributed by atoms with E-state index in [-0.39, 0.29) is 35.7 Å². The Hall–Kier alpha value is -5.66. The summed E-state index contributed by atoms with van der Waals surface area (Å²) in [5, 5.41) is 5.54. The van der Waals surface area contributed by atoms with Crippen LogP contribution in [0.4, 0.5) is 9.59 Å². The Labute approximate surface area is 364 Å². The van der Waals surface area contributed by atoms with Crippen LogP contribution in [0, 0.1) is 35.5 Å². The van der Waals surface area contributed by atoms with Crippen LogP contribution < -0.4 is 10.6 Å². The molecule has 2 saturated carbocycles. The van der Waals surface area contributed by atoms with Gasteiger partial charge in [-0.1, -0.05) is 102 Å². The van der Waals surface area contributed by atoms with E-state index in [4.69, 9.17) is 19.4 Å². The molecule has 2 aromatic heterocycles. The van der Waals surface area contributed by atoms with Crippen LogP contribution in [-0.4, -0.2) is 93.1 Å². The summed E-state index contributed by atoms with van der Waals surface area (Å²) in [5.41, 5.74) is 5.89. The molecule has 6 atom stereocenters. The van der Waals surface area contributed by atoms with Crippen molar-refractivity contribution in [2.75, 3.05) is 27.3 Å². The number of hydrogen-bond acceptors (Lipinski definition) is 8. The van der Waals surface area contributed by atoms with Gasteiger partial charge in [0.25, 0.3) is 0 Å². The van der Waals surface area contributed by atoms with E-state index in [9.17, 15) is 19.2 Å². The summed E-state index contributed by atoms with van der Waals surface area (Å²) >= 11 is 0. The molecule has 330 valence electrons. The molecule has 0 spiro atoms. The van der Waals surface area contributed by atoms with Crippen molar-refractivity contribution in [2.24, 2.45) is 35.5 Å². The minimum atomic E-state index is -0.693. The third kappa shape index (κ3) is 9.10. The SMILES string of the molecule is COC(=O)N[C@H](C(=O)N1C[C@@H](C2CCCC2)C[C@H]1c1ncc(-c2ccc(-c3ccc(-c4cnc([C@@H]5C[C@H](C6CC6)CN5C(=O)[C@@H](NC(=O)OC)C(C)C)[nH]4)cc3)cc2)[nH]1)C(C)C. The van der Waals surface area contributed by atoms with E-state index in [0.717, 1.165) is 58.1 Å². The van der Waals surface area contributed by atoms with E-state index in [2.05, 4.69) is 69.1 Å². The number of likely N-dealkylation sites (tertiary alicyclic amines) is 2. The Bertz CT molecular complexity index is 2210. The lowest BCUT2D eigenvalue weighted by Crippen LogP contribution is -2.51. The van der Waals surface area contributed by atoms with Crippen LogP contribution in [0.15, 0.2) is 60.9 Å². The lowest BCUT2D eigenvalue weighted by atomic mass is 9.89. The van der Waals surface area contributed by atoms with Gasteiger partial charge in [-0.15, -0.1) is 0 Å². The number of alkyl carbamates (subject to hydrolysis) is 2. The van der Waals surface area contributed by atoms with Gasteiger partial charge >= 0.3 is 12.2 Å². The molecule has 0 unspecified atom stereocenters. The molecule has 0 radical (unpaired) electrons. The van der Waals surface area contributed by atoms with Gasteiger partial charge in [-0.05, 0) is 83.4 Å². The number of imidazole rings is 2. The average molecular weight is 847 g/mol. The van der Waals surface area contributed by atoms with Gasteiger partial charge in [-0.2, -0.15) is 0 Å². The largest absolute Gasteiger partial charge is 0.453 e. The Morgan fingerprint density at radius 2 is 0.952 bits per heavy atom. The molecule has 2 aliphatic carbocycles. The van der Waals surface area contributed by atoms with Crippen LogP contribution in [0.1, 0.15) is 103 Å². The number of methoxy groups -OCH3 is 2. The molecule has 2 aliphatic heterocycles. The van der Waals surface area contributed by atoms with Crippen molar-refractivity contribution < 1.29 is 28.7 Å². The van der Waals surface area contributed by atoms with E-state index in [1.165, 1.54) is 52.7 Å². The molecule has 4 amide bonds. The molecule has 4 heterocycles. The van der Waals surface area contributed by atoms with Crippen molar-refractivity contribution in [3.63, 3.8) is 0 Å². The summed E-state index contributed by atoms with van der Waals surface area (Å²) in [6, 6.07) is 15.0. The number of rotatable bonds is 13. The number of ether oxygens (including phenoxy) is 2. The highest BCUT2D eigenvalue weighted by Gasteiger charge is 2.47. The maximum absolute atomic E-state index is 14.1. The van der Waals surface area contributed by atoms with Crippen LogP contribution >= 0.6 is 0 Å². The zero-order valence-electron chi connectivity index (χ0n) is 36.9. The fraction of sp³-hybridized carbons (Fsp3) is 0.542. The summed E-state index contributed by atoms with van der Waals surface area (Å²) in [7, 11) is 2.62. The van der Waals surface area contributed by atoms with Crippen molar-refractivity contribution in [3.05, 3.63) is 72.6 Å². The molecule has 4 aromatic rings. The van der Waals surface area contributed by atoms with Gasteiger partial charge in [0.1, 0.15) is 23.7 Å². The third-order valence-electron chi connectivity index (χ3n) is 13.9. The second-order valence-electron chi connectivity index (χ2n) is 18.6. The Kier molecular flexibility index (Phi) is 12.7. The highest BCUT2D eigenvalue weighted by atomic mass is 16.5. The second-order valence-corrected chi connectivity index (χ2v) is 18.6. The molecule has 4 aliphatic rings. The fourth-order valence-corrected chi connectivity index (χ4v) is 10.2. The molecule has 14 nitrogen and oxygen atoms in total. The molecular formula is C48H62N8O6. The number of amides is 4. The second kappa shape index (κ2) is 18.4. The highest BCUT2D eigenvalue weighted by molar-refractivity contribution is 5.87. The maximum Gasteiger partial charge on any atom is 0.407 e. The number of carbonyl (C=O) groups excluding carboxylic acids is 4. The topological polar surface area (TPSA) is 175 Å². The predicted octanol–water partition coefficient (Wildman–Crippen LogP) is 8.27. The normalized spacial score (nSPS) is 22.6. The van der Waals surface area contributed by atoms with Crippen molar-refractivity contribution in [2.45, 2.75) is 103 Å². The lowest BCUT2D eigenvalue weighted by molar-refractivity contribution is -0.136. The van der Waals surface area contributed by atoms with E-state index in [1.807, 2.05) is 49.9 Å². The molecular weight excluding hydrogens is 785 g/mol. The zero-order valence-corrected chi connectivity index (χ0v) is 36.9. The quantitative estimate of drug-likeness (QED) is 0.104. The minimum Gasteiger partial charge on any atom is -0.453 e. The van der Waals surface area contributed by atoms with Gasteiger partial charge < -0.3 is 39.9 Å². The number of hydrogen-bond donors (Lipinski definition) is 4. The van der Waals surface area contributed by atoms with Gasteiger partial charge in [0, 0.05) is 13.1 Å². The minimum absolute atomic E-state index is 0.0993. The summed E-state index contributed by atoms with van der Waals surface area (Å²) in [4.78, 5) is 73.0. The monoisotopic (exact) mass is 846 g/mol. The van der Waals surface area contributed by atoms with Gasteiger partial charge in [0.05, 0.1) is 50.1 Å². The number of nitrogens with one attached hydrogen (secondary N) is 4. The van der Waals surface area contributed by atoms with Crippen molar-refractivity contribution in [1.29, 1.82) is 0 Å². The van der Waals surface area contributed by atoms with Gasteiger partial charge in [0.2, 0.25) is 11.8 Å². The third-order valence-corrected chi connectivity index (χ3v) is 13.9. The molecule has 4 fully saturated rings. The first kappa shape index (κ1) is 43.0.